The molecular formula is C28H41N9. The molecular weight excluding hydrogens is 462 g/mol. The lowest BCUT2D eigenvalue weighted by Gasteiger charge is -2.37. The van der Waals surface area contributed by atoms with Crippen LogP contribution in [0.15, 0.2) is 24.5 Å². The number of hydrogen-bond donors (Lipinski definition) is 1. The Morgan fingerprint density at radius 2 is 1.62 bits per heavy atom. The van der Waals surface area contributed by atoms with Crippen LogP contribution < -0.4 is 15.1 Å². The van der Waals surface area contributed by atoms with Gasteiger partial charge in [0.1, 0.15) is 17.5 Å². The minimum absolute atomic E-state index is 0.289. The molecule has 3 fully saturated rings. The van der Waals surface area contributed by atoms with Gasteiger partial charge in [-0.1, -0.05) is 19.3 Å². The molecule has 3 aromatic heterocycles. The van der Waals surface area contributed by atoms with Gasteiger partial charge >= 0.3 is 0 Å². The third-order valence-corrected chi connectivity index (χ3v) is 8.25. The van der Waals surface area contributed by atoms with Crippen molar-refractivity contribution in [2.24, 2.45) is 5.92 Å². The molecule has 9 nitrogen and oxygen atoms in total. The Kier molecular flexibility index (Phi) is 7.13. The fourth-order valence-electron chi connectivity index (χ4n) is 6.15. The first-order chi connectivity index (χ1) is 18.1. The van der Waals surface area contributed by atoms with Crippen molar-refractivity contribution < 1.29 is 0 Å². The van der Waals surface area contributed by atoms with Crippen LogP contribution in [0.1, 0.15) is 64.8 Å². The maximum Gasteiger partial charge on any atom is 0.229 e. The van der Waals surface area contributed by atoms with Crippen molar-refractivity contribution in [1.29, 1.82) is 0 Å². The van der Waals surface area contributed by atoms with Gasteiger partial charge in [-0.25, -0.2) is 4.98 Å². The zero-order valence-corrected chi connectivity index (χ0v) is 22.4. The Balaban J connectivity index is 1.20. The van der Waals surface area contributed by atoms with Crippen molar-refractivity contribution in [3.8, 4) is 0 Å². The molecule has 2 aliphatic heterocycles. The van der Waals surface area contributed by atoms with Crippen LogP contribution in [0, 0.1) is 5.92 Å². The Bertz CT molecular complexity index is 1190. The summed E-state index contributed by atoms with van der Waals surface area (Å²) in [6, 6.07) is 4.45. The number of anilines is 4. The van der Waals surface area contributed by atoms with Gasteiger partial charge in [-0.3, -0.25) is 9.58 Å². The van der Waals surface area contributed by atoms with Crippen LogP contribution in [0.25, 0.3) is 10.9 Å². The van der Waals surface area contributed by atoms with E-state index in [1.54, 1.807) is 0 Å². The second-order valence-corrected chi connectivity index (χ2v) is 11.3. The summed E-state index contributed by atoms with van der Waals surface area (Å²) >= 11 is 0. The molecule has 0 atom stereocenters. The molecule has 2 saturated heterocycles. The van der Waals surface area contributed by atoms with Crippen molar-refractivity contribution >= 4 is 34.3 Å². The maximum absolute atomic E-state index is 5.05. The normalized spacial score (nSPS) is 19.9. The lowest BCUT2D eigenvalue weighted by molar-refractivity contribution is 0.191. The lowest BCUT2D eigenvalue weighted by atomic mass is 9.89. The molecule has 3 aromatic rings. The van der Waals surface area contributed by atoms with E-state index in [1.807, 2.05) is 17.1 Å². The van der Waals surface area contributed by atoms with Gasteiger partial charge in [0.05, 0.1) is 11.7 Å². The minimum Gasteiger partial charge on any atom is -0.356 e. The number of nitrogens with one attached hydrogen (secondary N) is 1. The Morgan fingerprint density at radius 1 is 0.838 bits per heavy atom. The molecule has 37 heavy (non-hydrogen) atoms. The summed E-state index contributed by atoms with van der Waals surface area (Å²) in [5.41, 5.74) is 1.08. The van der Waals surface area contributed by atoms with E-state index in [-0.39, 0.29) is 6.04 Å². The summed E-state index contributed by atoms with van der Waals surface area (Å²) in [4.78, 5) is 22.1. The average Bonchev–Trinajstić information content (AvgIpc) is 3.60. The first-order valence-corrected chi connectivity index (χ1v) is 14.3. The molecule has 0 radical (unpaired) electrons. The third kappa shape index (κ3) is 5.51. The predicted molar refractivity (Wildman–Crippen MR) is 150 cm³/mol. The zero-order valence-electron chi connectivity index (χ0n) is 22.4. The third-order valence-electron chi connectivity index (χ3n) is 8.25. The van der Waals surface area contributed by atoms with Gasteiger partial charge in [-0.05, 0) is 45.4 Å². The highest BCUT2D eigenvalue weighted by molar-refractivity contribution is 5.81. The number of hydrogen-bond acceptors (Lipinski definition) is 8. The molecule has 0 spiro atoms. The van der Waals surface area contributed by atoms with E-state index in [0.29, 0.717) is 0 Å². The van der Waals surface area contributed by atoms with E-state index < -0.39 is 0 Å². The molecule has 1 aliphatic carbocycles. The van der Waals surface area contributed by atoms with Gasteiger partial charge in [0.2, 0.25) is 5.95 Å². The van der Waals surface area contributed by atoms with Crippen molar-refractivity contribution in [3.05, 3.63) is 24.5 Å². The highest BCUT2D eigenvalue weighted by Crippen LogP contribution is 2.28. The molecule has 6 rings (SSSR count). The zero-order chi connectivity index (χ0) is 25.2. The van der Waals surface area contributed by atoms with E-state index in [1.165, 1.54) is 51.5 Å². The summed E-state index contributed by atoms with van der Waals surface area (Å²) in [5.74, 6) is 4.33. The maximum atomic E-state index is 5.05. The minimum atomic E-state index is 0.289. The highest BCUT2D eigenvalue weighted by Gasteiger charge is 2.24. The Morgan fingerprint density at radius 3 is 2.38 bits per heavy atom. The summed E-state index contributed by atoms with van der Waals surface area (Å²) < 4.78 is 2.04. The van der Waals surface area contributed by atoms with Crippen LogP contribution in [0.5, 0.6) is 0 Å². The number of nitrogens with zero attached hydrogens (tertiary/aromatic N) is 8. The van der Waals surface area contributed by atoms with Gasteiger partial charge in [-0.2, -0.15) is 15.1 Å². The first-order valence-electron chi connectivity index (χ1n) is 14.3. The largest absolute Gasteiger partial charge is 0.356 e. The van der Waals surface area contributed by atoms with E-state index in [2.05, 4.69) is 56.1 Å². The standard InChI is InChI=1S/C28H41N9/c1-21(2)37-24-16-25(29-18-23(24)19-30-37)31-26-17-27(35-10-6-7-11-35)33-28(32-26)36-14-12-34(13-15-36)20-22-8-4-3-5-9-22/h16-19,21-22H,3-15,20H2,1-2H3,(H,29,31,32,33). The van der Waals surface area contributed by atoms with Gasteiger partial charge in [0.15, 0.2) is 0 Å². The molecule has 1 saturated carbocycles. The number of rotatable bonds is 7. The van der Waals surface area contributed by atoms with Crippen molar-refractivity contribution in [1.82, 2.24) is 29.6 Å². The van der Waals surface area contributed by atoms with Crippen LogP contribution in [-0.2, 0) is 0 Å². The van der Waals surface area contributed by atoms with E-state index in [4.69, 9.17) is 9.97 Å². The quantitative estimate of drug-likeness (QED) is 0.490. The first kappa shape index (κ1) is 24.4. The smallest absolute Gasteiger partial charge is 0.229 e. The molecule has 0 aromatic carbocycles. The number of fused-ring (bicyclic) bond motifs is 1. The molecule has 5 heterocycles. The van der Waals surface area contributed by atoms with E-state index >= 15 is 0 Å². The fourth-order valence-corrected chi connectivity index (χ4v) is 6.15. The molecule has 3 aliphatic rings. The average molecular weight is 504 g/mol. The van der Waals surface area contributed by atoms with E-state index in [9.17, 15) is 0 Å². The summed E-state index contributed by atoms with van der Waals surface area (Å²) in [5, 5.41) is 9.07. The van der Waals surface area contributed by atoms with Crippen LogP contribution in [0.4, 0.5) is 23.4 Å². The molecule has 0 bridgehead atoms. The van der Waals surface area contributed by atoms with Gasteiger partial charge in [-0.15, -0.1) is 0 Å². The highest BCUT2D eigenvalue weighted by atomic mass is 15.3. The van der Waals surface area contributed by atoms with Crippen molar-refractivity contribution in [3.63, 3.8) is 0 Å². The van der Waals surface area contributed by atoms with Crippen LogP contribution in [0.2, 0.25) is 0 Å². The molecule has 0 amide bonds. The molecule has 198 valence electrons. The van der Waals surface area contributed by atoms with Gasteiger partial charge in [0, 0.05) is 75.6 Å². The van der Waals surface area contributed by atoms with Crippen molar-refractivity contribution in [2.75, 3.05) is 60.9 Å². The molecule has 1 N–H and O–H groups in total. The number of piperazine rings is 1. The Hall–Kier alpha value is -2.94. The van der Waals surface area contributed by atoms with Crippen molar-refractivity contribution in [2.45, 2.75) is 64.8 Å². The molecule has 9 heteroatoms. The van der Waals surface area contributed by atoms with Crippen LogP contribution in [-0.4, -0.2) is 75.4 Å². The SMILES string of the molecule is CC(C)n1ncc2cnc(Nc3cc(N4CCCC4)nc(N4CCN(CC5CCCCC5)CC4)n3)cc21. The summed E-state index contributed by atoms with van der Waals surface area (Å²) in [6.07, 6.45) is 13.3. The van der Waals surface area contributed by atoms with Crippen LogP contribution >= 0.6 is 0 Å². The molecule has 0 unspecified atom stereocenters. The second kappa shape index (κ2) is 10.8. The summed E-state index contributed by atoms with van der Waals surface area (Å²) in [7, 11) is 0. The van der Waals surface area contributed by atoms with Gasteiger partial charge < -0.3 is 15.1 Å². The Labute approximate surface area is 220 Å². The number of aromatic nitrogens is 5. The summed E-state index contributed by atoms with van der Waals surface area (Å²) in [6.45, 7) is 11.8. The second-order valence-electron chi connectivity index (χ2n) is 11.3. The monoisotopic (exact) mass is 503 g/mol. The lowest BCUT2D eigenvalue weighted by Crippen LogP contribution is -2.48. The van der Waals surface area contributed by atoms with Gasteiger partial charge in [0.25, 0.3) is 0 Å². The van der Waals surface area contributed by atoms with Crippen LogP contribution in [0.3, 0.4) is 0 Å². The number of pyridine rings is 1. The topological polar surface area (TPSA) is 78.2 Å². The fraction of sp³-hybridized carbons (Fsp3) is 0.643. The van der Waals surface area contributed by atoms with E-state index in [0.717, 1.165) is 79.5 Å². The predicted octanol–water partition coefficient (Wildman–Crippen LogP) is 4.85.